The Balaban J connectivity index is 1.75. The van der Waals surface area contributed by atoms with Crippen molar-refractivity contribution in [1.82, 2.24) is 5.32 Å². The standard InChI is InChI=1S/C15H24N2O/c1-9(18)17-14(8-16)7-15-12-3-10-2-11(5-12)6-13(15)4-10/h7,10-13,15H,2-6,8,16H2,1H3,(H,17,18)/b14-7+. The number of carbonyl (C=O) groups is 1. The molecule has 0 aromatic carbocycles. The number of rotatable bonds is 3. The minimum Gasteiger partial charge on any atom is -0.329 e. The van der Waals surface area contributed by atoms with Crippen LogP contribution in [0, 0.1) is 29.6 Å². The Bertz CT molecular complexity index is 347. The third kappa shape index (κ3) is 2.20. The molecule has 0 heterocycles. The van der Waals surface area contributed by atoms with Crippen molar-refractivity contribution in [2.24, 2.45) is 35.3 Å². The van der Waals surface area contributed by atoms with Crippen molar-refractivity contribution < 1.29 is 4.79 Å². The number of allylic oxidation sites excluding steroid dienone is 1. The van der Waals surface area contributed by atoms with Gasteiger partial charge in [0.1, 0.15) is 0 Å². The number of nitrogens with one attached hydrogen (secondary N) is 1. The predicted octanol–water partition coefficient (Wildman–Crippen LogP) is 2.04. The van der Waals surface area contributed by atoms with E-state index in [9.17, 15) is 4.79 Å². The molecule has 4 rings (SSSR count). The van der Waals surface area contributed by atoms with Crippen LogP contribution in [0.25, 0.3) is 0 Å². The summed E-state index contributed by atoms with van der Waals surface area (Å²) >= 11 is 0. The van der Waals surface area contributed by atoms with E-state index in [2.05, 4.69) is 11.4 Å². The van der Waals surface area contributed by atoms with Gasteiger partial charge in [-0.15, -0.1) is 0 Å². The van der Waals surface area contributed by atoms with Crippen LogP contribution in [-0.2, 0) is 4.79 Å². The molecule has 3 nitrogen and oxygen atoms in total. The Kier molecular flexibility index (Phi) is 3.18. The molecule has 3 heteroatoms. The zero-order chi connectivity index (χ0) is 12.7. The zero-order valence-corrected chi connectivity index (χ0v) is 11.2. The van der Waals surface area contributed by atoms with Crippen molar-refractivity contribution in [2.45, 2.75) is 39.0 Å². The van der Waals surface area contributed by atoms with E-state index >= 15 is 0 Å². The van der Waals surface area contributed by atoms with Gasteiger partial charge in [-0.05, 0) is 61.7 Å². The molecule has 4 saturated carbocycles. The highest BCUT2D eigenvalue weighted by Gasteiger charge is 2.47. The Morgan fingerprint density at radius 1 is 1.17 bits per heavy atom. The lowest BCUT2D eigenvalue weighted by Crippen LogP contribution is -2.44. The van der Waals surface area contributed by atoms with Gasteiger partial charge >= 0.3 is 0 Å². The second kappa shape index (κ2) is 4.69. The first-order valence-electron chi connectivity index (χ1n) is 7.34. The first-order valence-corrected chi connectivity index (χ1v) is 7.34. The van der Waals surface area contributed by atoms with Gasteiger partial charge in [0.25, 0.3) is 0 Å². The van der Waals surface area contributed by atoms with E-state index in [4.69, 9.17) is 5.73 Å². The van der Waals surface area contributed by atoms with Crippen LogP contribution >= 0.6 is 0 Å². The lowest BCUT2D eigenvalue weighted by atomic mass is 9.52. The Morgan fingerprint density at radius 2 is 1.72 bits per heavy atom. The highest BCUT2D eigenvalue weighted by molar-refractivity contribution is 5.74. The third-order valence-corrected chi connectivity index (χ3v) is 5.25. The molecule has 4 aliphatic rings. The molecule has 3 N–H and O–H groups in total. The smallest absolute Gasteiger partial charge is 0.221 e. The number of nitrogens with two attached hydrogens (primary N) is 1. The Morgan fingerprint density at radius 3 is 2.17 bits per heavy atom. The maximum Gasteiger partial charge on any atom is 0.221 e. The van der Waals surface area contributed by atoms with Gasteiger partial charge in [0.2, 0.25) is 5.91 Å². The molecular formula is C15H24N2O. The monoisotopic (exact) mass is 248 g/mol. The summed E-state index contributed by atoms with van der Waals surface area (Å²) in [6.45, 7) is 2.00. The Labute approximate surface area is 109 Å². The molecule has 4 fully saturated rings. The number of hydrogen-bond acceptors (Lipinski definition) is 2. The van der Waals surface area contributed by atoms with Crippen molar-refractivity contribution in [3.63, 3.8) is 0 Å². The van der Waals surface area contributed by atoms with E-state index in [1.54, 1.807) is 6.92 Å². The summed E-state index contributed by atoms with van der Waals surface area (Å²) in [5, 5.41) is 2.89. The van der Waals surface area contributed by atoms with Crippen LogP contribution in [0.3, 0.4) is 0 Å². The van der Waals surface area contributed by atoms with Gasteiger partial charge in [0.05, 0.1) is 0 Å². The lowest BCUT2D eigenvalue weighted by Gasteiger charge is -2.54. The molecule has 0 radical (unpaired) electrons. The zero-order valence-electron chi connectivity index (χ0n) is 11.2. The maximum atomic E-state index is 11.2. The van der Waals surface area contributed by atoms with Gasteiger partial charge in [-0.3, -0.25) is 4.79 Å². The Hall–Kier alpha value is -0.830. The van der Waals surface area contributed by atoms with Gasteiger partial charge in [-0.25, -0.2) is 0 Å². The van der Waals surface area contributed by atoms with Crippen LogP contribution in [0.5, 0.6) is 0 Å². The van der Waals surface area contributed by atoms with Gasteiger partial charge in [-0.2, -0.15) is 0 Å². The lowest BCUT2D eigenvalue weighted by molar-refractivity contribution is -0.118. The molecule has 0 atom stereocenters. The number of hydrogen-bond donors (Lipinski definition) is 2. The number of carbonyl (C=O) groups excluding carboxylic acids is 1. The molecule has 0 unspecified atom stereocenters. The summed E-state index contributed by atoms with van der Waals surface area (Å²) in [4.78, 5) is 11.2. The molecule has 0 spiro atoms. The quantitative estimate of drug-likeness (QED) is 0.803. The molecule has 0 aliphatic heterocycles. The van der Waals surface area contributed by atoms with Crippen LogP contribution in [0.4, 0.5) is 0 Å². The van der Waals surface area contributed by atoms with Crippen molar-refractivity contribution in [3.05, 3.63) is 11.8 Å². The average Bonchev–Trinajstić information content (AvgIpc) is 2.30. The first kappa shape index (κ1) is 12.2. The summed E-state index contributed by atoms with van der Waals surface area (Å²) in [7, 11) is 0. The SMILES string of the molecule is CC(=O)N/C(=C/C1C2CC3CC(C2)CC1C3)CN. The van der Waals surface area contributed by atoms with Crippen LogP contribution in [-0.4, -0.2) is 12.5 Å². The van der Waals surface area contributed by atoms with Crippen LogP contribution in [0.2, 0.25) is 0 Å². The summed E-state index contributed by atoms with van der Waals surface area (Å²) in [5.74, 6) is 4.38. The van der Waals surface area contributed by atoms with Gasteiger partial charge in [0, 0.05) is 19.2 Å². The van der Waals surface area contributed by atoms with E-state index < -0.39 is 0 Å². The largest absolute Gasteiger partial charge is 0.329 e. The van der Waals surface area contributed by atoms with E-state index in [0.29, 0.717) is 12.5 Å². The minimum atomic E-state index is -0.00415. The van der Waals surface area contributed by atoms with Crippen LogP contribution < -0.4 is 11.1 Å². The summed E-state index contributed by atoms with van der Waals surface area (Å²) in [5.41, 5.74) is 6.67. The van der Waals surface area contributed by atoms with Crippen molar-refractivity contribution in [3.8, 4) is 0 Å². The molecule has 0 aromatic rings. The van der Waals surface area contributed by atoms with E-state index in [-0.39, 0.29) is 5.91 Å². The molecular weight excluding hydrogens is 224 g/mol. The summed E-state index contributed by atoms with van der Waals surface area (Å²) in [6.07, 6.45) is 9.41. The van der Waals surface area contributed by atoms with Crippen molar-refractivity contribution >= 4 is 5.91 Å². The highest BCUT2D eigenvalue weighted by Crippen LogP contribution is 2.56. The van der Waals surface area contributed by atoms with Gasteiger partial charge in [0.15, 0.2) is 0 Å². The molecule has 0 saturated heterocycles. The van der Waals surface area contributed by atoms with Crippen molar-refractivity contribution in [2.75, 3.05) is 6.54 Å². The second-order valence-corrected chi connectivity index (χ2v) is 6.59. The summed E-state index contributed by atoms with van der Waals surface area (Å²) < 4.78 is 0. The average molecular weight is 248 g/mol. The van der Waals surface area contributed by atoms with Crippen LogP contribution in [0.1, 0.15) is 39.0 Å². The van der Waals surface area contributed by atoms with E-state index in [1.165, 1.54) is 32.1 Å². The first-order chi connectivity index (χ1) is 8.65. The molecule has 18 heavy (non-hydrogen) atoms. The predicted molar refractivity (Wildman–Crippen MR) is 71.5 cm³/mol. The third-order valence-electron chi connectivity index (χ3n) is 5.25. The molecule has 0 aromatic heterocycles. The molecule has 100 valence electrons. The molecule has 4 bridgehead atoms. The van der Waals surface area contributed by atoms with Crippen LogP contribution in [0.15, 0.2) is 11.8 Å². The summed E-state index contributed by atoms with van der Waals surface area (Å²) in [6, 6.07) is 0. The van der Waals surface area contributed by atoms with Gasteiger partial charge < -0.3 is 11.1 Å². The molecule has 4 aliphatic carbocycles. The van der Waals surface area contributed by atoms with E-state index in [0.717, 1.165) is 29.4 Å². The minimum absolute atomic E-state index is 0.00415. The number of amides is 1. The fraction of sp³-hybridized carbons (Fsp3) is 0.800. The highest BCUT2D eigenvalue weighted by atomic mass is 16.1. The fourth-order valence-corrected chi connectivity index (χ4v) is 4.86. The van der Waals surface area contributed by atoms with Crippen molar-refractivity contribution in [1.29, 1.82) is 0 Å². The molecule has 1 amide bonds. The van der Waals surface area contributed by atoms with E-state index in [1.807, 2.05) is 0 Å². The fourth-order valence-electron chi connectivity index (χ4n) is 4.86. The van der Waals surface area contributed by atoms with Gasteiger partial charge in [-0.1, -0.05) is 6.08 Å². The normalized spacial score (nSPS) is 42.1. The second-order valence-electron chi connectivity index (χ2n) is 6.59. The topological polar surface area (TPSA) is 55.1 Å². The maximum absolute atomic E-state index is 11.2.